The van der Waals surface area contributed by atoms with Crippen LogP contribution >= 0.6 is 0 Å². The first-order valence-corrected chi connectivity index (χ1v) is 7.28. The van der Waals surface area contributed by atoms with Crippen LogP contribution in [0.5, 0.6) is 0 Å². The number of carbonyl (C=O) groups is 1. The highest BCUT2D eigenvalue weighted by Gasteiger charge is 2.32. The number of aliphatic hydroxyl groups is 1. The number of aryl methyl sites for hydroxylation is 1. The van der Waals surface area contributed by atoms with Gasteiger partial charge in [-0.2, -0.15) is 0 Å². The number of amides is 1. The van der Waals surface area contributed by atoms with Crippen LogP contribution in [0, 0.1) is 24.7 Å². The number of hydrogen-bond donors (Lipinski definition) is 2. The van der Waals surface area contributed by atoms with E-state index in [1.807, 2.05) is 32.0 Å². The Kier molecular flexibility index (Phi) is 5.38. The third-order valence-corrected chi connectivity index (χ3v) is 3.74. The standard InChI is InChI=1S/C17H21NO3/c1-3-16-14(8-10-21-16)17(20)18-15-7-6-13(5-4-9-19)11-12(15)2/h6-7,11,14,16,19H,3,8-10H2,1-2H3,(H,18,20). The van der Waals surface area contributed by atoms with Gasteiger partial charge in [0, 0.05) is 17.9 Å². The van der Waals surface area contributed by atoms with Crippen LogP contribution in [0.15, 0.2) is 18.2 Å². The number of hydrogen-bond acceptors (Lipinski definition) is 3. The zero-order valence-corrected chi connectivity index (χ0v) is 12.5. The van der Waals surface area contributed by atoms with Crippen molar-refractivity contribution in [3.05, 3.63) is 29.3 Å². The molecule has 21 heavy (non-hydrogen) atoms. The molecule has 2 N–H and O–H groups in total. The van der Waals surface area contributed by atoms with Crippen LogP contribution in [0.2, 0.25) is 0 Å². The zero-order valence-electron chi connectivity index (χ0n) is 12.5. The molecule has 1 fully saturated rings. The molecule has 0 spiro atoms. The molecule has 1 saturated heterocycles. The summed E-state index contributed by atoms with van der Waals surface area (Å²) in [5, 5.41) is 11.7. The number of anilines is 1. The summed E-state index contributed by atoms with van der Waals surface area (Å²) in [5.41, 5.74) is 2.59. The van der Waals surface area contributed by atoms with Crippen molar-refractivity contribution in [3.63, 3.8) is 0 Å². The zero-order chi connectivity index (χ0) is 15.2. The minimum atomic E-state index is -0.155. The van der Waals surface area contributed by atoms with Crippen molar-refractivity contribution < 1.29 is 14.6 Å². The Morgan fingerprint density at radius 1 is 1.52 bits per heavy atom. The van der Waals surface area contributed by atoms with Crippen LogP contribution in [0.3, 0.4) is 0 Å². The summed E-state index contributed by atoms with van der Waals surface area (Å²) in [5.74, 6) is 5.42. The fraction of sp³-hybridized carbons (Fsp3) is 0.471. The van der Waals surface area contributed by atoms with Crippen LogP contribution in [-0.4, -0.2) is 30.3 Å². The van der Waals surface area contributed by atoms with Crippen molar-refractivity contribution in [2.75, 3.05) is 18.5 Å². The maximum atomic E-state index is 12.3. The number of nitrogens with one attached hydrogen (secondary N) is 1. The van der Waals surface area contributed by atoms with E-state index < -0.39 is 0 Å². The van der Waals surface area contributed by atoms with E-state index in [1.54, 1.807) is 0 Å². The minimum Gasteiger partial charge on any atom is -0.384 e. The molecule has 1 aromatic carbocycles. The lowest BCUT2D eigenvalue weighted by molar-refractivity contribution is -0.121. The molecule has 2 unspecified atom stereocenters. The summed E-state index contributed by atoms with van der Waals surface area (Å²) < 4.78 is 5.56. The van der Waals surface area contributed by atoms with E-state index in [0.717, 1.165) is 29.7 Å². The van der Waals surface area contributed by atoms with E-state index in [9.17, 15) is 4.79 Å². The second-order valence-corrected chi connectivity index (χ2v) is 5.19. The van der Waals surface area contributed by atoms with Gasteiger partial charge in [0.1, 0.15) is 6.61 Å². The Balaban J connectivity index is 2.07. The predicted octanol–water partition coefficient (Wildman–Crippen LogP) is 2.09. The molecule has 112 valence electrons. The third-order valence-electron chi connectivity index (χ3n) is 3.74. The molecule has 1 aliphatic heterocycles. The van der Waals surface area contributed by atoms with Crippen molar-refractivity contribution in [2.24, 2.45) is 5.92 Å². The van der Waals surface area contributed by atoms with Crippen molar-refractivity contribution in [2.45, 2.75) is 32.8 Å². The van der Waals surface area contributed by atoms with Crippen LogP contribution in [0.1, 0.15) is 30.9 Å². The van der Waals surface area contributed by atoms with Gasteiger partial charge in [-0.1, -0.05) is 18.8 Å². The molecular formula is C17H21NO3. The smallest absolute Gasteiger partial charge is 0.230 e. The maximum Gasteiger partial charge on any atom is 0.230 e. The molecule has 0 aromatic heterocycles. The monoisotopic (exact) mass is 287 g/mol. The van der Waals surface area contributed by atoms with Crippen molar-refractivity contribution in [1.29, 1.82) is 0 Å². The number of rotatable bonds is 3. The first kappa shape index (κ1) is 15.6. The van der Waals surface area contributed by atoms with E-state index >= 15 is 0 Å². The molecule has 4 nitrogen and oxygen atoms in total. The molecule has 2 atom stereocenters. The van der Waals surface area contributed by atoms with Gasteiger partial charge in [0.05, 0.1) is 12.0 Å². The molecule has 2 rings (SSSR count). The highest BCUT2D eigenvalue weighted by molar-refractivity contribution is 5.93. The topological polar surface area (TPSA) is 58.6 Å². The lowest BCUT2D eigenvalue weighted by Crippen LogP contribution is -2.29. The average molecular weight is 287 g/mol. The van der Waals surface area contributed by atoms with Gasteiger partial charge in [-0.15, -0.1) is 0 Å². The molecule has 0 aliphatic carbocycles. The van der Waals surface area contributed by atoms with Gasteiger partial charge < -0.3 is 15.2 Å². The summed E-state index contributed by atoms with van der Waals surface area (Å²) in [7, 11) is 0. The third kappa shape index (κ3) is 3.84. The van der Waals surface area contributed by atoms with E-state index in [1.165, 1.54) is 0 Å². The van der Waals surface area contributed by atoms with E-state index in [4.69, 9.17) is 9.84 Å². The second-order valence-electron chi connectivity index (χ2n) is 5.19. The Labute approximate surface area is 125 Å². The normalized spacial score (nSPS) is 20.7. The fourth-order valence-electron chi connectivity index (χ4n) is 2.60. The molecule has 1 aromatic rings. The van der Waals surface area contributed by atoms with Crippen LogP contribution in [0.25, 0.3) is 0 Å². The number of carbonyl (C=O) groups excluding carboxylic acids is 1. The SMILES string of the molecule is CCC1OCCC1C(=O)Nc1ccc(C#CCO)cc1C. The summed E-state index contributed by atoms with van der Waals surface area (Å²) in [6.45, 7) is 4.47. The molecule has 0 bridgehead atoms. The highest BCUT2D eigenvalue weighted by atomic mass is 16.5. The highest BCUT2D eigenvalue weighted by Crippen LogP contribution is 2.25. The van der Waals surface area contributed by atoms with Gasteiger partial charge in [-0.3, -0.25) is 4.79 Å². The van der Waals surface area contributed by atoms with Gasteiger partial charge in [0.15, 0.2) is 0 Å². The van der Waals surface area contributed by atoms with Crippen LogP contribution in [-0.2, 0) is 9.53 Å². The molecule has 1 heterocycles. The van der Waals surface area contributed by atoms with Gasteiger partial charge in [0.2, 0.25) is 5.91 Å². The minimum absolute atomic E-state index is 0.0247. The largest absolute Gasteiger partial charge is 0.384 e. The van der Waals surface area contributed by atoms with Crippen molar-refractivity contribution in [3.8, 4) is 11.8 Å². The number of ether oxygens (including phenoxy) is 1. The van der Waals surface area contributed by atoms with Gasteiger partial charge >= 0.3 is 0 Å². The van der Waals surface area contributed by atoms with Crippen LogP contribution in [0.4, 0.5) is 5.69 Å². The Morgan fingerprint density at radius 3 is 3.00 bits per heavy atom. The van der Waals surface area contributed by atoms with E-state index in [2.05, 4.69) is 17.2 Å². The summed E-state index contributed by atoms with van der Waals surface area (Å²) in [6, 6.07) is 5.60. The first-order valence-electron chi connectivity index (χ1n) is 7.28. The van der Waals surface area contributed by atoms with Crippen LogP contribution < -0.4 is 5.32 Å². The molecule has 1 amide bonds. The lowest BCUT2D eigenvalue weighted by Gasteiger charge is -2.17. The molecule has 0 radical (unpaired) electrons. The van der Waals surface area contributed by atoms with Gasteiger partial charge in [-0.05, 0) is 43.5 Å². The summed E-state index contributed by atoms with van der Waals surface area (Å²) >= 11 is 0. The van der Waals surface area contributed by atoms with E-state index in [0.29, 0.717) is 6.61 Å². The van der Waals surface area contributed by atoms with Crippen molar-refractivity contribution >= 4 is 11.6 Å². The molecular weight excluding hydrogens is 266 g/mol. The van der Waals surface area contributed by atoms with E-state index in [-0.39, 0.29) is 24.5 Å². The van der Waals surface area contributed by atoms with Gasteiger partial charge in [0.25, 0.3) is 0 Å². The lowest BCUT2D eigenvalue weighted by atomic mass is 9.98. The number of benzene rings is 1. The first-order chi connectivity index (χ1) is 10.2. The summed E-state index contributed by atoms with van der Waals surface area (Å²) in [6.07, 6.45) is 1.66. The Hall–Kier alpha value is -1.83. The number of aliphatic hydroxyl groups excluding tert-OH is 1. The fourth-order valence-corrected chi connectivity index (χ4v) is 2.60. The summed E-state index contributed by atoms with van der Waals surface area (Å²) in [4.78, 5) is 12.3. The quantitative estimate of drug-likeness (QED) is 0.837. The molecule has 0 saturated carbocycles. The Bertz CT molecular complexity index is 571. The Morgan fingerprint density at radius 2 is 2.33 bits per heavy atom. The maximum absolute atomic E-state index is 12.3. The molecule has 4 heteroatoms. The second kappa shape index (κ2) is 7.26. The average Bonchev–Trinajstić information content (AvgIpc) is 2.96. The van der Waals surface area contributed by atoms with Crippen molar-refractivity contribution in [1.82, 2.24) is 0 Å². The predicted molar refractivity (Wildman–Crippen MR) is 81.9 cm³/mol. The molecule has 1 aliphatic rings. The van der Waals surface area contributed by atoms with Gasteiger partial charge in [-0.25, -0.2) is 0 Å².